The zero-order valence-electron chi connectivity index (χ0n) is 36.3. The van der Waals surface area contributed by atoms with Gasteiger partial charge in [0.25, 0.3) is 0 Å². The van der Waals surface area contributed by atoms with Gasteiger partial charge in [0.1, 0.15) is 0 Å². The Morgan fingerprint density at radius 2 is 1.03 bits per heavy atom. The fraction of sp³-hybridized carbons (Fsp3) is 0.129. The molecule has 0 aromatic heterocycles. The van der Waals surface area contributed by atoms with Gasteiger partial charge in [0.05, 0.1) is 11.4 Å². The maximum atomic E-state index is 3.69. The number of para-hydroxylation sites is 2. The van der Waals surface area contributed by atoms with Gasteiger partial charge in [-0.1, -0.05) is 197 Å². The lowest BCUT2D eigenvalue weighted by atomic mass is 9.78. The van der Waals surface area contributed by atoms with Crippen LogP contribution in [0.5, 0.6) is 0 Å². The van der Waals surface area contributed by atoms with E-state index >= 15 is 0 Å². The molecule has 0 fully saturated rings. The fourth-order valence-corrected chi connectivity index (χ4v) is 11.5. The molecule has 8 aromatic carbocycles. The van der Waals surface area contributed by atoms with E-state index in [-0.39, 0.29) is 10.8 Å². The maximum absolute atomic E-state index is 3.69. The highest BCUT2D eigenvalue weighted by atomic mass is 15.2. The lowest BCUT2D eigenvalue weighted by molar-refractivity contribution is 0.654. The van der Waals surface area contributed by atoms with E-state index in [0.29, 0.717) is 0 Å². The van der Waals surface area contributed by atoms with E-state index in [9.17, 15) is 0 Å². The second kappa shape index (κ2) is 14.1. The molecule has 1 nitrogen and oxygen atoms in total. The zero-order valence-corrected chi connectivity index (χ0v) is 36.3. The molecule has 0 unspecified atom stereocenters. The van der Waals surface area contributed by atoms with Crippen molar-refractivity contribution in [3.05, 3.63) is 244 Å². The standard InChI is InChI=1S/C62H47N/c1-61(2)55-31-14-10-26-52(55)59-49(27-18-32-56(59)61)47-24-11-15-33-57(47)63(42-37-35-40(36-38-42)53-39-41-19-5-6-20-43(41)44-21-7-8-22-45(44)53)58-34-16-12-25-48(58)51-29-17-28-50-46-23-9-13-30-54(46)62(3,4)60(50)51/h5-17,19-26,28-35,37,39H,36,38H2,1-4H3. The van der Waals surface area contributed by atoms with Crippen LogP contribution in [0.3, 0.4) is 0 Å². The molecule has 4 aliphatic rings. The van der Waals surface area contributed by atoms with Gasteiger partial charge in [0, 0.05) is 38.8 Å². The van der Waals surface area contributed by atoms with Crippen molar-refractivity contribution >= 4 is 49.6 Å². The lowest BCUT2D eigenvalue weighted by Crippen LogP contribution is -2.21. The first-order chi connectivity index (χ1) is 30.8. The SMILES string of the molecule is CC1(C)C2=C(C(c3ccccc3N(C3=CC=C(c4cc5ccccc5c5ccccc45)CC3)c3ccccc3-c3cccc4c3C(C)(C)c3ccccc3-4)=C=C=C2)c2ccccc21. The summed E-state index contributed by atoms with van der Waals surface area (Å²) in [6.07, 6.45) is 8.75. The van der Waals surface area contributed by atoms with Crippen LogP contribution in [0.15, 0.2) is 211 Å². The van der Waals surface area contributed by atoms with Crippen LogP contribution in [0.2, 0.25) is 0 Å². The van der Waals surface area contributed by atoms with Crippen LogP contribution in [0.4, 0.5) is 11.4 Å². The molecule has 12 rings (SSSR count). The van der Waals surface area contributed by atoms with Crippen molar-refractivity contribution in [3.8, 4) is 22.3 Å². The van der Waals surface area contributed by atoms with Crippen molar-refractivity contribution in [1.29, 1.82) is 0 Å². The summed E-state index contributed by atoms with van der Waals surface area (Å²) in [5, 5.41) is 5.19. The van der Waals surface area contributed by atoms with Crippen molar-refractivity contribution in [2.75, 3.05) is 4.90 Å². The second-order valence-electron chi connectivity index (χ2n) is 18.6. The smallest absolute Gasteiger partial charge is 0.0543 e. The first-order valence-corrected chi connectivity index (χ1v) is 22.4. The summed E-state index contributed by atoms with van der Waals surface area (Å²) < 4.78 is 0. The van der Waals surface area contributed by atoms with Gasteiger partial charge in [-0.3, -0.25) is 0 Å². The van der Waals surface area contributed by atoms with Crippen LogP contribution < -0.4 is 4.90 Å². The molecule has 0 aliphatic heterocycles. The molecule has 1 heteroatoms. The van der Waals surface area contributed by atoms with E-state index in [1.807, 2.05) is 0 Å². The number of fused-ring (bicyclic) bond motifs is 8. The van der Waals surface area contributed by atoms with Gasteiger partial charge in [0.15, 0.2) is 0 Å². The van der Waals surface area contributed by atoms with Crippen LogP contribution in [-0.4, -0.2) is 0 Å². The summed E-state index contributed by atoms with van der Waals surface area (Å²) in [5.41, 5.74) is 28.5. The Morgan fingerprint density at radius 3 is 1.78 bits per heavy atom. The molecule has 0 bridgehead atoms. The Bertz CT molecular complexity index is 3470. The van der Waals surface area contributed by atoms with E-state index in [1.165, 1.54) is 99.7 Å². The molecule has 0 atom stereocenters. The minimum Gasteiger partial charge on any atom is -0.313 e. The Morgan fingerprint density at radius 1 is 0.460 bits per heavy atom. The van der Waals surface area contributed by atoms with E-state index in [1.54, 1.807) is 0 Å². The number of allylic oxidation sites excluding steroid dienone is 8. The van der Waals surface area contributed by atoms with Crippen molar-refractivity contribution < 1.29 is 0 Å². The number of rotatable bonds is 6. The monoisotopic (exact) mass is 805 g/mol. The number of nitrogens with zero attached hydrogens (tertiary/aromatic N) is 1. The minimum absolute atomic E-state index is 0.147. The fourth-order valence-electron chi connectivity index (χ4n) is 11.5. The van der Waals surface area contributed by atoms with Gasteiger partial charge >= 0.3 is 0 Å². The van der Waals surface area contributed by atoms with Crippen molar-refractivity contribution in [2.24, 2.45) is 0 Å². The highest BCUT2D eigenvalue weighted by Crippen LogP contribution is 2.56. The van der Waals surface area contributed by atoms with Crippen molar-refractivity contribution in [1.82, 2.24) is 0 Å². The highest BCUT2D eigenvalue weighted by Gasteiger charge is 2.40. The van der Waals surface area contributed by atoms with Crippen LogP contribution in [-0.2, 0) is 10.8 Å². The lowest BCUT2D eigenvalue weighted by Gasteiger charge is -2.34. The van der Waals surface area contributed by atoms with E-state index < -0.39 is 0 Å². The van der Waals surface area contributed by atoms with Crippen molar-refractivity contribution in [2.45, 2.75) is 51.4 Å². The summed E-state index contributed by atoms with van der Waals surface area (Å²) in [7, 11) is 0. The number of benzene rings is 8. The number of anilines is 2. The summed E-state index contributed by atoms with van der Waals surface area (Å²) >= 11 is 0. The third kappa shape index (κ3) is 5.58. The van der Waals surface area contributed by atoms with Gasteiger partial charge < -0.3 is 4.90 Å². The topological polar surface area (TPSA) is 3.24 Å². The largest absolute Gasteiger partial charge is 0.313 e. The van der Waals surface area contributed by atoms with Gasteiger partial charge in [0.2, 0.25) is 0 Å². The average molecular weight is 806 g/mol. The van der Waals surface area contributed by atoms with E-state index in [0.717, 1.165) is 29.7 Å². The first-order valence-electron chi connectivity index (χ1n) is 22.4. The Labute approximate surface area is 370 Å². The van der Waals surface area contributed by atoms with Gasteiger partial charge in [-0.05, 0) is 120 Å². The van der Waals surface area contributed by atoms with E-state index in [4.69, 9.17) is 0 Å². The molecular formula is C62H47N. The number of hydrogen-bond acceptors (Lipinski definition) is 1. The third-order valence-corrected chi connectivity index (χ3v) is 14.4. The Kier molecular flexibility index (Phi) is 8.34. The average Bonchev–Trinajstić information content (AvgIpc) is 3.72. The Hall–Kier alpha value is -7.40. The molecule has 0 amide bonds. The number of hydrogen-bond donors (Lipinski definition) is 0. The van der Waals surface area contributed by atoms with Crippen LogP contribution in [0.1, 0.15) is 73.9 Å². The minimum atomic E-state index is -0.168. The van der Waals surface area contributed by atoms with Gasteiger partial charge in [-0.25, -0.2) is 0 Å². The summed E-state index contributed by atoms with van der Waals surface area (Å²) in [5.74, 6) is 0. The predicted octanol–water partition coefficient (Wildman–Crippen LogP) is 16.3. The molecule has 0 heterocycles. The highest BCUT2D eigenvalue weighted by molar-refractivity contribution is 6.14. The van der Waals surface area contributed by atoms with Crippen LogP contribution in [0.25, 0.3) is 60.5 Å². The second-order valence-corrected chi connectivity index (χ2v) is 18.6. The molecule has 4 aliphatic carbocycles. The Balaban J connectivity index is 1.08. The van der Waals surface area contributed by atoms with Crippen LogP contribution in [0, 0.1) is 0 Å². The maximum Gasteiger partial charge on any atom is 0.0543 e. The van der Waals surface area contributed by atoms with Gasteiger partial charge in [-0.2, -0.15) is 0 Å². The quantitative estimate of drug-likeness (QED) is 0.120. The normalized spacial score (nSPS) is 16.3. The first kappa shape index (κ1) is 37.4. The summed E-state index contributed by atoms with van der Waals surface area (Å²) in [4.78, 5) is 2.57. The predicted molar refractivity (Wildman–Crippen MR) is 266 cm³/mol. The molecule has 300 valence electrons. The molecule has 63 heavy (non-hydrogen) atoms. The molecular weight excluding hydrogens is 759 g/mol. The van der Waals surface area contributed by atoms with Crippen molar-refractivity contribution in [3.63, 3.8) is 0 Å². The molecule has 0 radical (unpaired) electrons. The molecule has 8 aromatic rings. The third-order valence-electron chi connectivity index (χ3n) is 14.4. The summed E-state index contributed by atoms with van der Waals surface area (Å²) in [6.45, 7) is 9.48. The van der Waals surface area contributed by atoms with Crippen LogP contribution >= 0.6 is 0 Å². The van der Waals surface area contributed by atoms with Gasteiger partial charge in [-0.15, -0.1) is 0 Å². The molecule has 0 saturated heterocycles. The summed E-state index contributed by atoms with van der Waals surface area (Å²) in [6, 6.07) is 63.0. The molecule has 0 N–H and O–H groups in total. The zero-order chi connectivity index (χ0) is 42.5. The molecule has 0 spiro atoms. The molecule has 0 saturated carbocycles. The van der Waals surface area contributed by atoms with E-state index in [2.05, 4.69) is 232 Å².